The van der Waals surface area contributed by atoms with Gasteiger partial charge in [0.15, 0.2) is 0 Å². The zero-order valence-electron chi connectivity index (χ0n) is 11.5. The fourth-order valence-corrected chi connectivity index (χ4v) is 1.54. The third kappa shape index (κ3) is 5.17. The molecule has 0 rings (SSSR count). The molecule has 0 aromatic rings. The van der Waals surface area contributed by atoms with Crippen molar-refractivity contribution >= 4 is 12.4 Å². The van der Waals surface area contributed by atoms with Crippen LogP contribution in [0.2, 0.25) is 0 Å². The van der Waals surface area contributed by atoms with Gasteiger partial charge in [-0.05, 0) is 34.1 Å². The van der Waals surface area contributed by atoms with Crippen LogP contribution in [0.25, 0.3) is 0 Å². The van der Waals surface area contributed by atoms with Gasteiger partial charge in [0.1, 0.15) is 17.4 Å². The average molecular weight is 245 g/mol. The molecule has 0 aliphatic rings. The van der Waals surface area contributed by atoms with Crippen molar-refractivity contribution < 1.29 is 19.1 Å². The van der Waals surface area contributed by atoms with E-state index in [4.69, 9.17) is 9.47 Å². The second-order valence-corrected chi connectivity index (χ2v) is 5.16. The van der Waals surface area contributed by atoms with Crippen LogP contribution in [0.4, 0.5) is 4.79 Å². The Morgan fingerprint density at radius 2 is 1.88 bits per heavy atom. The summed E-state index contributed by atoms with van der Waals surface area (Å²) in [5, 5.41) is 2.55. The number of carbonyl (C=O) groups excluding carboxylic acids is 2. The second-order valence-electron chi connectivity index (χ2n) is 5.16. The van der Waals surface area contributed by atoms with Gasteiger partial charge in [-0.25, -0.2) is 4.79 Å². The van der Waals surface area contributed by atoms with E-state index < -0.39 is 17.2 Å². The quantitative estimate of drug-likeness (QED) is 0.751. The van der Waals surface area contributed by atoms with E-state index in [1.54, 1.807) is 27.7 Å². The van der Waals surface area contributed by atoms with E-state index >= 15 is 0 Å². The molecule has 0 aromatic heterocycles. The molecule has 100 valence electrons. The standard InChI is InChI=1S/C12H23NO4/c1-7-9(16-6)12(5,8-14)13-10(15)17-11(2,3)4/h8-9H,7H2,1-6H3,(H,13,15). The number of rotatable bonds is 5. The maximum Gasteiger partial charge on any atom is 0.408 e. The van der Waals surface area contributed by atoms with E-state index in [0.717, 1.165) is 0 Å². The number of carbonyl (C=O) groups is 2. The van der Waals surface area contributed by atoms with Crippen molar-refractivity contribution in [2.24, 2.45) is 0 Å². The highest BCUT2D eigenvalue weighted by Crippen LogP contribution is 2.15. The fraction of sp³-hybridized carbons (Fsp3) is 0.833. The van der Waals surface area contributed by atoms with Crippen LogP contribution in [0.1, 0.15) is 41.0 Å². The highest BCUT2D eigenvalue weighted by atomic mass is 16.6. The smallest absolute Gasteiger partial charge is 0.408 e. The minimum absolute atomic E-state index is 0.382. The minimum Gasteiger partial charge on any atom is -0.444 e. The van der Waals surface area contributed by atoms with Gasteiger partial charge in [0, 0.05) is 7.11 Å². The molecule has 0 saturated carbocycles. The van der Waals surface area contributed by atoms with E-state index in [1.807, 2.05) is 6.92 Å². The van der Waals surface area contributed by atoms with Crippen molar-refractivity contribution in [3.8, 4) is 0 Å². The first kappa shape index (κ1) is 15.9. The summed E-state index contributed by atoms with van der Waals surface area (Å²) < 4.78 is 10.3. The number of alkyl carbamates (subject to hydrolysis) is 1. The summed E-state index contributed by atoms with van der Waals surface area (Å²) in [5.41, 5.74) is -1.67. The van der Waals surface area contributed by atoms with E-state index in [9.17, 15) is 9.59 Å². The molecular weight excluding hydrogens is 222 g/mol. The van der Waals surface area contributed by atoms with E-state index in [0.29, 0.717) is 12.7 Å². The van der Waals surface area contributed by atoms with E-state index in [2.05, 4.69) is 5.32 Å². The maximum absolute atomic E-state index is 11.6. The Morgan fingerprint density at radius 1 is 1.35 bits per heavy atom. The Bertz CT molecular complexity index is 268. The third-order valence-electron chi connectivity index (χ3n) is 2.34. The van der Waals surface area contributed by atoms with Crippen LogP contribution < -0.4 is 5.32 Å². The summed E-state index contributed by atoms with van der Waals surface area (Å²) in [5.74, 6) is 0. The normalized spacial score (nSPS) is 16.8. The highest BCUT2D eigenvalue weighted by molar-refractivity contribution is 5.77. The minimum atomic E-state index is -1.08. The summed E-state index contributed by atoms with van der Waals surface area (Å²) >= 11 is 0. The molecule has 0 saturated heterocycles. The average Bonchev–Trinajstić information content (AvgIpc) is 2.16. The van der Waals surface area contributed by atoms with Gasteiger partial charge < -0.3 is 19.6 Å². The Labute approximate surface area is 103 Å². The van der Waals surface area contributed by atoms with E-state index in [1.165, 1.54) is 7.11 Å². The lowest BCUT2D eigenvalue weighted by Gasteiger charge is -2.32. The molecule has 2 atom stereocenters. The van der Waals surface area contributed by atoms with Gasteiger partial charge in [0.25, 0.3) is 0 Å². The molecule has 0 bridgehead atoms. The molecular formula is C12H23NO4. The predicted octanol–water partition coefficient (Wildman–Crippen LogP) is 1.89. The zero-order chi connectivity index (χ0) is 13.7. The van der Waals surface area contributed by atoms with Crippen LogP contribution in [0.3, 0.4) is 0 Å². The SMILES string of the molecule is CCC(OC)C(C)(C=O)NC(=O)OC(C)(C)C. The number of nitrogens with one attached hydrogen (secondary N) is 1. The largest absolute Gasteiger partial charge is 0.444 e. The van der Waals surface area contributed by atoms with Crippen LogP contribution in [0.15, 0.2) is 0 Å². The lowest BCUT2D eigenvalue weighted by molar-refractivity contribution is -0.118. The Kier molecular flexibility index (Phi) is 5.61. The Morgan fingerprint density at radius 3 is 2.18 bits per heavy atom. The van der Waals surface area contributed by atoms with Gasteiger partial charge >= 0.3 is 6.09 Å². The van der Waals surface area contributed by atoms with Gasteiger partial charge in [-0.1, -0.05) is 6.92 Å². The van der Waals surface area contributed by atoms with Crippen LogP contribution in [0.5, 0.6) is 0 Å². The molecule has 5 heteroatoms. The van der Waals surface area contributed by atoms with Crippen molar-refractivity contribution in [3.63, 3.8) is 0 Å². The molecule has 0 heterocycles. The molecule has 0 spiro atoms. The van der Waals surface area contributed by atoms with Crippen molar-refractivity contribution in [2.75, 3.05) is 7.11 Å². The topological polar surface area (TPSA) is 64.6 Å². The van der Waals surface area contributed by atoms with Gasteiger partial charge in [-0.3, -0.25) is 0 Å². The number of methoxy groups -OCH3 is 1. The molecule has 0 aliphatic carbocycles. The molecule has 5 nitrogen and oxygen atoms in total. The summed E-state index contributed by atoms with van der Waals surface area (Å²) in [6.07, 6.45) is 0.283. The lowest BCUT2D eigenvalue weighted by atomic mass is 9.94. The first-order valence-electron chi connectivity index (χ1n) is 5.68. The predicted molar refractivity (Wildman–Crippen MR) is 64.9 cm³/mol. The number of aldehydes is 1. The Balaban J connectivity index is 4.69. The lowest BCUT2D eigenvalue weighted by Crippen LogP contribution is -2.57. The van der Waals surface area contributed by atoms with Crippen LogP contribution >= 0.6 is 0 Å². The van der Waals surface area contributed by atoms with Crippen molar-refractivity contribution in [1.82, 2.24) is 5.32 Å². The van der Waals surface area contributed by atoms with Crippen molar-refractivity contribution in [1.29, 1.82) is 0 Å². The van der Waals surface area contributed by atoms with Crippen LogP contribution in [0, 0.1) is 0 Å². The highest BCUT2D eigenvalue weighted by Gasteiger charge is 2.36. The van der Waals surface area contributed by atoms with Crippen LogP contribution in [-0.4, -0.2) is 36.7 Å². The number of ether oxygens (including phenoxy) is 2. The Hall–Kier alpha value is -1.10. The van der Waals surface area contributed by atoms with Gasteiger partial charge in [0.2, 0.25) is 0 Å². The van der Waals surface area contributed by atoms with Crippen molar-refractivity contribution in [2.45, 2.75) is 58.3 Å². The molecule has 17 heavy (non-hydrogen) atoms. The fourth-order valence-electron chi connectivity index (χ4n) is 1.54. The molecule has 1 N–H and O–H groups in total. The second kappa shape index (κ2) is 6.00. The van der Waals surface area contributed by atoms with Gasteiger partial charge in [-0.15, -0.1) is 0 Å². The maximum atomic E-state index is 11.6. The van der Waals surface area contributed by atoms with Crippen molar-refractivity contribution in [3.05, 3.63) is 0 Å². The summed E-state index contributed by atoms with van der Waals surface area (Å²) in [7, 11) is 1.51. The first-order chi connectivity index (χ1) is 7.68. The summed E-state index contributed by atoms with van der Waals surface area (Å²) in [4.78, 5) is 22.8. The number of hydrogen-bond acceptors (Lipinski definition) is 4. The molecule has 0 aliphatic heterocycles. The molecule has 0 aromatic carbocycles. The third-order valence-corrected chi connectivity index (χ3v) is 2.34. The number of hydrogen-bond donors (Lipinski definition) is 1. The monoisotopic (exact) mass is 245 g/mol. The van der Waals surface area contributed by atoms with Crippen LogP contribution in [-0.2, 0) is 14.3 Å². The summed E-state index contributed by atoms with van der Waals surface area (Å²) in [6, 6.07) is 0. The molecule has 1 amide bonds. The molecule has 0 radical (unpaired) electrons. The number of amides is 1. The zero-order valence-corrected chi connectivity index (χ0v) is 11.5. The molecule has 0 fully saturated rings. The van der Waals surface area contributed by atoms with Gasteiger partial charge in [-0.2, -0.15) is 0 Å². The first-order valence-corrected chi connectivity index (χ1v) is 5.68. The summed E-state index contributed by atoms with van der Waals surface area (Å²) in [6.45, 7) is 8.78. The van der Waals surface area contributed by atoms with Gasteiger partial charge in [0.05, 0.1) is 6.10 Å². The molecule has 2 unspecified atom stereocenters. The van der Waals surface area contributed by atoms with E-state index in [-0.39, 0.29) is 6.10 Å².